The van der Waals surface area contributed by atoms with Gasteiger partial charge in [-0.3, -0.25) is 4.79 Å². The Kier molecular flexibility index (Phi) is 5.25. The molecule has 0 unspecified atom stereocenters. The first-order chi connectivity index (χ1) is 11.6. The van der Waals surface area contributed by atoms with Crippen LogP contribution >= 0.6 is 22.6 Å². The lowest BCUT2D eigenvalue weighted by molar-refractivity contribution is 0.0984. The van der Waals surface area contributed by atoms with Crippen LogP contribution in [0.3, 0.4) is 0 Å². The minimum absolute atomic E-state index is 0.220. The summed E-state index contributed by atoms with van der Waals surface area (Å²) in [6.45, 7) is 0.427. The number of hydrogen-bond acceptors (Lipinski definition) is 1. The summed E-state index contributed by atoms with van der Waals surface area (Å²) in [7, 11) is 0. The molecule has 4 heteroatoms. The van der Waals surface area contributed by atoms with Gasteiger partial charge in [-0.1, -0.05) is 48.5 Å². The molecule has 1 amide bonds. The molecule has 0 aliphatic rings. The van der Waals surface area contributed by atoms with Crippen LogP contribution < -0.4 is 4.90 Å². The summed E-state index contributed by atoms with van der Waals surface area (Å²) in [6, 6.07) is 23.3. The monoisotopic (exact) mass is 431 g/mol. The van der Waals surface area contributed by atoms with Gasteiger partial charge in [0, 0.05) is 9.13 Å². The van der Waals surface area contributed by atoms with Crippen LogP contribution in [0.2, 0.25) is 0 Å². The number of anilines is 1. The zero-order valence-electron chi connectivity index (χ0n) is 12.8. The van der Waals surface area contributed by atoms with E-state index in [0.717, 1.165) is 14.8 Å². The first kappa shape index (κ1) is 16.6. The van der Waals surface area contributed by atoms with Crippen LogP contribution in [-0.2, 0) is 6.54 Å². The Morgan fingerprint density at radius 3 is 2.33 bits per heavy atom. The molecule has 0 heterocycles. The zero-order valence-corrected chi connectivity index (χ0v) is 15.0. The molecular formula is C20H15FINO. The maximum Gasteiger partial charge on any atom is 0.258 e. The van der Waals surface area contributed by atoms with Gasteiger partial charge in [0.25, 0.3) is 5.91 Å². The molecule has 0 bridgehead atoms. The Morgan fingerprint density at radius 1 is 0.917 bits per heavy atom. The second-order valence-electron chi connectivity index (χ2n) is 5.34. The molecule has 120 valence electrons. The van der Waals surface area contributed by atoms with Gasteiger partial charge in [-0.2, -0.15) is 0 Å². The Hall–Kier alpha value is -2.21. The number of nitrogens with zero attached hydrogens (tertiary/aromatic N) is 1. The van der Waals surface area contributed by atoms with E-state index in [1.54, 1.807) is 17.0 Å². The number of carbonyl (C=O) groups is 1. The van der Waals surface area contributed by atoms with E-state index in [2.05, 4.69) is 22.6 Å². The highest BCUT2D eigenvalue weighted by molar-refractivity contribution is 14.1. The molecule has 0 aliphatic carbocycles. The van der Waals surface area contributed by atoms with Crippen molar-refractivity contribution in [2.45, 2.75) is 6.54 Å². The highest BCUT2D eigenvalue weighted by Crippen LogP contribution is 2.26. The van der Waals surface area contributed by atoms with Crippen molar-refractivity contribution in [1.29, 1.82) is 0 Å². The van der Waals surface area contributed by atoms with Gasteiger partial charge in [0.1, 0.15) is 5.82 Å². The quantitative estimate of drug-likeness (QED) is 0.515. The molecule has 3 rings (SSSR count). The summed E-state index contributed by atoms with van der Waals surface area (Å²) in [4.78, 5) is 14.7. The minimum Gasteiger partial charge on any atom is -0.303 e. The Balaban J connectivity index is 2.01. The fourth-order valence-electron chi connectivity index (χ4n) is 2.48. The Morgan fingerprint density at radius 2 is 1.62 bits per heavy atom. The molecule has 0 saturated carbocycles. The van der Waals surface area contributed by atoms with Crippen LogP contribution in [-0.4, -0.2) is 5.91 Å². The largest absolute Gasteiger partial charge is 0.303 e. The van der Waals surface area contributed by atoms with E-state index < -0.39 is 5.82 Å². The fourth-order valence-corrected chi connectivity index (χ4v) is 3.16. The van der Waals surface area contributed by atoms with Crippen molar-refractivity contribution in [2.75, 3.05) is 4.90 Å². The fraction of sp³-hybridized carbons (Fsp3) is 0.0500. The molecule has 2 nitrogen and oxygen atoms in total. The van der Waals surface area contributed by atoms with Gasteiger partial charge in [0.2, 0.25) is 0 Å². The second kappa shape index (κ2) is 7.57. The molecule has 0 radical (unpaired) electrons. The van der Waals surface area contributed by atoms with E-state index in [1.165, 1.54) is 12.1 Å². The number of carbonyl (C=O) groups excluding carboxylic acids is 1. The molecule has 0 aliphatic heterocycles. The van der Waals surface area contributed by atoms with Gasteiger partial charge >= 0.3 is 0 Å². The second-order valence-corrected chi connectivity index (χ2v) is 6.50. The molecule has 0 atom stereocenters. The van der Waals surface area contributed by atoms with Gasteiger partial charge in [-0.15, -0.1) is 0 Å². The number of hydrogen-bond donors (Lipinski definition) is 0. The van der Waals surface area contributed by atoms with Crippen molar-refractivity contribution < 1.29 is 9.18 Å². The van der Waals surface area contributed by atoms with Crippen LogP contribution in [0.15, 0.2) is 78.9 Å². The first-order valence-corrected chi connectivity index (χ1v) is 8.59. The summed E-state index contributed by atoms with van der Waals surface area (Å²) < 4.78 is 14.5. The molecule has 0 spiro atoms. The maximum atomic E-state index is 13.5. The topological polar surface area (TPSA) is 20.3 Å². The summed E-state index contributed by atoms with van der Waals surface area (Å²) >= 11 is 2.21. The molecule has 3 aromatic carbocycles. The SMILES string of the molecule is O=C(c1cccc(F)c1)N(Cc1ccccc1)c1ccccc1I. The smallest absolute Gasteiger partial charge is 0.258 e. The number of halogens is 2. The number of amides is 1. The predicted molar refractivity (Wildman–Crippen MR) is 103 cm³/mol. The lowest BCUT2D eigenvalue weighted by Crippen LogP contribution is -2.31. The molecule has 0 aromatic heterocycles. The van der Waals surface area contributed by atoms with E-state index in [1.807, 2.05) is 54.6 Å². The van der Waals surface area contributed by atoms with Crippen molar-refractivity contribution >= 4 is 34.2 Å². The van der Waals surface area contributed by atoms with Crippen LogP contribution in [0.4, 0.5) is 10.1 Å². The summed E-state index contributed by atoms with van der Waals surface area (Å²) in [6.07, 6.45) is 0. The van der Waals surface area contributed by atoms with Crippen molar-refractivity contribution in [1.82, 2.24) is 0 Å². The highest BCUT2D eigenvalue weighted by Gasteiger charge is 2.20. The van der Waals surface area contributed by atoms with E-state index in [-0.39, 0.29) is 5.91 Å². The molecule has 24 heavy (non-hydrogen) atoms. The van der Waals surface area contributed by atoms with Crippen LogP contribution in [0, 0.1) is 9.39 Å². The van der Waals surface area contributed by atoms with Crippen molar-refractivity contribution in [3.8, 4) is 0 Å². The van der Waals surface area contributed by atoms with Gasteiger partial charge in [-0.25, -0.2) is 4.39 Å². The molecule has 0 fully saturated rings. The molecule has 0 N–H and O–H groups in total. The van der Waals surface area contributed by atoms with Gasteiger partial charge < -0.3 is 4.90 Å². The van der Waals surface area contributed by atoms with Gasteiger partial charge in [0.15, 0.2) is 0 Å². The summed E-state index contributed by atoms with van der Waals surface area (Å²) in [5.41, 5.74) is 2.17. The lowest BCUT2D eigenvalue weighted by Gasteiger charge is -2.24. The average molecular weight is 431 g/mol. The minimum atomic E-state index is -0.414. The maximum absolute atomic E-state index is 13.5. The normalized spacial score (nSPS) is 10.4. The lowest BCUT2D eigenvalue weighted by atomic mass is 10.1. The van der Waals surface area contributed by atoms with Gasteiger partial charge in [-0.05, 0) is 58.5 Å². The van der Waals surface area contributed by atoms with E-state index in [0.29, 0.717) is 12.1 Å². The third kappa shape index (κ3) is 3.82. The molecular weight excluding hydrogens is 416 g/mol. The third-order valence-electron chi connectivity index (χ3n) is 3.64. The van der Waals surface area contributed by atoms with Crippen molar-refractivity contribution in [3.63, 3.8) is 0 Å². The third-order valence-corrected chi connectivity index (χ3v) is 4.56. The summed E-state index contributed by atoms with van der Waals surface area (Å²) in [5.74, 6) is -0.634. The van der Waals surface area contributed by atoms with Crippen molar-refractivity contribution in [3.05, 3.63) is 99.4 Å². The standard InChI is InChI=1S/C20H15FINO/c21-17-10-6-9-16(13-17)20(24)23(14-15-7-2-1-3-8-15)19-12-5-4-11-18(19)22/h1-13H,14H2. The number of benzene rings is 3. The van der Waals surface area contributed by atoms with E-state index in [9.17, 15) is 9.18 Å². The van der Waals surface area contributed by atoms with Crippen LogP contribution in [0.5, 0.6) is 0 Å². The van der Waals surface area contributed by atoms with E-state index in [4.69, 9.17) is 0 Å². The first-order valence-electron chi connectivity index (χ1n) is 7.51. The Labute approximate surface area is 154 Å². The average Bonchev–Trinajstić information content (AvgIpc) is 2.61. The van der Waals surface area contributed by atoms with E-state index >= 15 is 0 Å². The zero-order chi connectivity index (χ0) is 16.9. The van der Waals surface area contributed by atoms with Gasteiger partial charge in [0.05, 0.1) is 12.2 Å². The van der Waals surface area contributed by atoms with Crippen LogP contribution in [0.25, 0.3) is 0 Å². The highest BCUT2D eigenvalue weighted by atomic mass is 127. The Bertz CT molecular complexity index is 851. The molecule has 3 aromatic rings. The predicted octanol–water partition coefficient (Wildman–Crippen LogP) is 5.28. The summed E-state index contributed by atoms with van der Waals surface area (Å²) in [5, 5.41) is 0. The number of rotatable bonds is 4. The molecule has 0 saturated heterocycles. The number of para-hydroxylation sites is 1. The van der Waals surface area contributed by atoms with Crippen molar-refractivity contribution in [2.24, 2.45) is 0 Å². The van der Waals surface area contributed by atoms with Crippen LogP contribution in [0.1, 0.15) is 15.9 Å².